The van der Waals surface area contributed by atoms with Gasteiger partial charge in [-0.25, -0.2) is 0 Å². The Bertz CT molecular complexity index is 605. The van der Waals surface area contributed by atoms with Gasteiger partial charge in [0, 0.05) is 11.1 Å². The van der Waals surface area contributed by atoms with Crippen LogP contribution < -0.4 is 10.1 Å². The highest BCUT2D eigenvalue weighted by molar-refractivity contribution is 5.94. The summed E-state index contributed by atoms with van der Waals surface area (Å²) in [4.78, 5) is 12.2. The van der Waals surface area contributed by atoms with E-state index in [2.05, 4.69) is 5.32 Å². The van der Waals surface area contributed by atoms with Crippen LogP contribution in [0.15, 0.2) is 41.0 Å². The van der Waals surface area contributed by atoms with E-state index in [0.717, 1.165) is 5.56 Å². The van der Waals surface area contributed by atoms with Crippen LogP contribution in [0, 0.1) is 0 Å². The van der Waals surface area contributed by atoms with Crippen molar-refractivity contribution in [1.82, 2.24) is 5.32 Å². The molecule has 2 rings (SSSR count). The largest absolute Gasteiger partial charge is 0.496 e. The van der Waals surface area contributed by atoms with E-state index in [4.69, 9.17) is 13.9 Å². The number of ether oxygens (including phenoxy) is 2. The third-order valence-corrected chi connectivity index (χ3v) is 3.12. The Kier molecular flexibility index (Phi) is 5.61. The molecular weight excluding hydrogens is 282 g/mol. The second-order valence-electron chi connectivity index (χ2n) is 5.15. The normalized spacial score (nSPS) is 10.7. The number of nitrogens with one attached hydrogen (secondary N) is 1. The van der Waals surface area contributed by atoms with Gasteiger partial charge in [0.2, 0.25) is 0 Å². The second-order valence-corrected chi connectivity index (χ2v) is 5.15. The van der Waals surface area contributed by atoms with Crippen molar-refractivity contribution in [2.24, 2.45) is 0 Å². The van der Waals surface area contributed by atoms with Crippen molar-refractivity contribution < 1.29 is 18.7 Å². The molecular formula is C17H21NO4. The first kappa shape index (κ1) is 16.1. The first-order valence-corrected chi connectivity index (χ1v) is 7.19. The summed E-state index contributed by atoms with van der Waals surface area (Å²) in [5.74, 6) is 1.26. The van der Waals surface area contributed by atoms with Crippen LogP contribution >= 0.6 is 0 Å². The van der Waals surface area contributed by atoms with E-state index in [9.17, 15) is 4.79 Å². The molecule has 1 heterocycles. The maximum absolute atomic E-state index is 12.2. The van der Waals surface area contributed by atoms with Crippen molar-refractivity contribution in [2.45, 2.75) is 33.1 Å². The van der Waals surface area contributed by atoms with E-state index < -0.39 is 0 Å². The average molecular weight is 303 g/mol. The van der Waals surface area contributed by atoms with Crippen molar-refractivity contribution in [1.29, 1.82) is 0 Å². The summed E-state index contributed by atoms with van der Waals surface area (Å²) in [5.41, 5.74) is 1.41. The van der Waals surface area contributed by atoms with Crippen LogP contribution in [0.3, 0.4) is 0 Å². The number of carbonyl (C=O) groups is 1. The van der Waals surface area contributed by atoms with E-state index in [1.807, 2.05) is 19.9 Å². The summed E-state index contributed by atoms with van der Waals surface area (Å²) in [6.45, 7) is 4.69. The maximum Gasteiger partial charge on any atom is 0.251 e. The summed E-state index contributed by atoms with van der Waals surface area (Å²) < 4.78 is 16.1. The number of rotatable bonds is 7. The molecule has 1 N–H and O–H groups in total. The fraction of sp³-hybridized carbons (Fsp3) is 0.353. The Morgan fingerprint density at radius 1 is 1.32 bits per heavy atom. The molecule has 0 unspecified atom stereocenters. The molecule has 0 aliphatic carbocycles. The van der Waals surface area contributed by atoms with E-state index in [1.165, 1.54) is 0 Å². The third kappa shape index (κ3) is 4.36. The number of carbonyl (C=O) groups excluding carboxylic acids is 1. The van der Waals surface area contributed by atoms with Crippen molar-refractivity contribution in [2.75, 3.05) is 7.11 Å². The number of hydrogen-bond acceptors (Lipinski definition) is 4. The molecule has 1 aromatic carbocycles. The highest BCUT2D eigenvalue weighted by Crippen LogP contribution is 2.21. The zero-order valence-corrected chi connectivity index (χ0v) is 13.1. The lowest BCUT2D eigenvalue weighted by atomic mass is 10.1. The van der Waals surface area contributed by atoms with Crippen molar-refractivity contribution in [3.8, 4) is 5.75 Å². The molecule has 2 aromatic rings. The molecule has 5 nitrogen and oxygen atoms in total. The van der Waals surface area contributed by atoms with E-state index in [-0.39, 0.29) is 12.0 Å². The first-order valence-electron chi connectivity index (χ1n) is 7.19. The van der Waals surface area contributed by atoms with E-state index >= 15 is 0 Å². The highest BCUT2D eigenvalue weighted by Gasteiger charge is 2.11. The SMILES string of the molecule is COc1ccc(C(=O)NCc2ccco2)cc1COC(C)C. The molecule has 0 radical (unpaired) electrons. The van der Waals surface area contributed by atoms with Gasteiger partial charge in [0.15, 0.2) is 0 Å². The molecule has 22 heavy (non-hydrogen) atoms. The zero-order chi connectivity index (χ0) is 15.9. The van der Waals surface area contributed by atoms with Crippen LogP contribution in [0.5, 0.6) is 5.75 Å². The number of amides is 1. The van der Waals surface area contributed by atoms with E-state index in [0.29, 0.717) is 30.2 Å². The van der Waals surface area contributed by atoms with Gasteiger partial charge >= 0.3 is 0 Å². The van der Waals surface area contributed by atoms with Crippen molar-refractivity contribution >= 4 is 5.91 Å². The van der Waals surface area contributed by atoms with Gasteiger partial charge in [-0.2, -0.15) is 0 Å². The zero-order valence-electron chi connectivity index (χ0n) is 13.1. The van der Waals surface area contributed by atoms with Gasteiger partial charge < -0.3 is 19.2 Å². The summed E-state index contributed by atoms with van der Waals surface area (Å²) in [6, 6.07) is 8.90. The molecule has 1 aromatic heterocycles. The molecule has 0 aliphatic heterocycles. The van der Waals surface area contributed by atoms with Gasteiger partial charge in [-0.15, -0.1) is 0 Å². The molecule has 0 fully saturated rings. The molecule has 0 atom stereocenters. The van der Waals surface area contributed by atoms with Crippen LogP contribution in [0.1, 0.15) is 35.5 Å². The first-order chi connectivity index (χ1) is 10.6. The Hall–Kier alpha value is -2.27. The monoisotopic (exact) mass is 303 g/mol. The van der Waals surface area contributed by atoms with Gasteiger partial charge in [0.1, 0.15) is 11.5 Å². The highest BCUT2D eigenvalue weighted by atomic mass is 16.5. The minimum Gasteiger partial charge on any atom is -0.496 e. The summed E-state index contributed by atoms with van der Waals surface area (Å²) in [7, 11) is 1.60. The number of furan rings is 1. The Labute approximate surface area is 130 Å². The van der Waals surface area contributed by atoms with Gasteiger partial charge in [0.05, 0.1) is 32.6 Å². The molecule has 0 aliphatic rings. The second kappa shape index (κ2) is 7.66. The van der Waals surface area contributed by atoms with Gasteiger partial charge in [-0.3, -0.25) is 4.79 Å². The Balaban J connectivity index is 2.06. The van der Waals surface area contributed by atoms with Crippen LogP contribution in [0.4, 0.5) is 0 Å². The number of hydrogen-bond donors (Lipinski definition) is 1. The number of methoxy groups -OCH3 is 1. The fourth-order valence-electron chi connectivity index (χ4n) is 1.97. The predicted molar refractivity (Wildman–Crippen MR) is 82.8 cm³/mol. The molecule has 0 saturated heterocycles. The molecule has 0 saturated carbocycles. The summed E-state index contributed by atoms with van der Waals surface area (Å²) >= 11 is 0. The Morgan fingerprint density at radius 2 is 2.14 bits per heavy atom. The predicted octanol–water partition coefficient (Wildman–Crippen LogP) is 3.14. The fourth-order valence-corrected chi connectivity index (χ4v) is 1.97. The maximum atomic E-state index is 12.2. The van der Waals surface area contributed by atoms with Crippen LogP contribution in [0.25, 0.3) is 0 Å². The van der Waals surface area contributed by atoms with Crippen molar-refractivity contribution in [3.05, 3.63) is 53.5 Å². The van der Waals surface area contributed by atoms with Gasteiger partial charge in [-0.05, 0) is 44.2 Å². The summed E-state index contributed by atoms with van der Waals surface area (Å²) in [6.07, 6.45) is 1.69. The van der Waals surface area contributed by atoms with Crippen molar-refractivity contribution in [3.63, 3.8) is 0 Å². The Morgan fingerprint density at radius 3 is 2.77 bits per heavy atom. The van der Waals surface area contributed by atoms with Crippen LogP contribution in [-0.2, 0) is 17.9 Å². The molecule has 118 valence electrons. The van der Waals surface area contributed by atoms with Crippen LogP contribution in [0.2, 0.25) is 0 Å². The molecule has 5 heteroatoms. The summed E-state index contributed by atoms with van der Waals surface area (Å²) in [5, 5.41) is 2.82. The lowest BCUT2D eigenvalue weighted by Crippen LogP contribution is -2.22. The van der Waals surface area contributed by atoms with Gasteiger partial charge in [-0.1, -0.05) is 0 Å². The van der Waals surface area contributed by atoms with Gasteiger partial charge in [0.25, 0.3) is 5.91 Å². The average Bonchev–Trinajstić information content (AvgIpc) is 3.03. The molecule has 1 amide bonds. The standard InChI is InChI=1S/C17H21NO4/c1-12(2)22-11-14-9-13(6-7-16(14)20-3)17(19)18-10-15-5-4-8-21-15/h4-9,12H,10-11H2,1-3H3,(H,18,19). The topological polar surface area (TPSA) is 60.7 Å². The minimum absolute atomic E-state index is 0.112. The minimum atomic E-state index is -0.162. The lowest BCUT2D eigenvalue weighted by Gasteiger charge is -2.13. The third-order valence-electron chi connectivity index (χ3n) is 3.12. The number of benzene rings is 1. The quantitative estimate of drug-likeness (QED) is 0.853. The smallest absolute Gasteiger partial charge is 0.251 e. The van der Waals surface area contributed by atoms with Crippen LogP contribution in [-0.4, -0.2) is 19.1 Å². The molecule has 0 bridgehead atoms. The molecule has 0 spiro atoms. The lowest BCUT2D eigenvalue weighted by molar-refractivity contribution is 0.0644. The van der Waals surface area contributed by atoms with E-state index in [1.54, 1.807) is 37.6 Å².